The number of fused-ring (bicyclic) bond motifs is 1. The number of thiazole rings is 1. The largest absolute Gasteiger partial charge is 0.493 e. The predicted octanol–water partition coefficient (Wildman–Crippen LogP) is 5.69. The topological polar surface area (TPSA) is 118 Å². The molecule has 0 aliphatic carbocycles. The monoisotopic (exact) mass is 616 g/mol. The third-order valence-corrected chi connectivity index (χ3v) is 8.53. The van der Waals surface area contributed by atoms with Crippen LogP contribution in [0.4, 0.5) is 5.69 Å². The molecular weight excluding hydrogens is 580 g/mol. The maximum atomic E-state index is 14.2. The molecule has 0 radical (unpaired) electrons. The molecular formula is C31H37ClN2O7S. The number of carboxylic acids is 1. The van der Waals surface area contributed by atoms with Gasteiger partial charge in [-0.2, -0.15) is 0 Å². The van der Waals surface area contributed by atoms with E-state index in [0.717, 1.165) is 9.88 Å². The lowest BCUT2D eigenvalue weighted by Gasteiger charge is -2.32. The van der Waals surface area contributed by atoms with Crippen LogP contribution in [0.3, 0.4) is 0 Å². The Labute approximate surface area is 255 Å². The Bertz CT molecular complexity index is 1410. The lowest BCUT2D eigenvalue weighted by atomic mass is 9.92. The number of carbonyl (C=O) groups is 2. The molecule has 2 unspecified atom stereocenters. The first-order valence-corrected chi connectivity index (χ1v) is 15.0. The average Bonchev–Trinajstić information content (AvgIpc) is 3.39. The van der Waals surface area contributed by atoms with Gasteiger partial charge in [-0.3, -0.25) is 9.59 Å². The standard InChI is InChI=1S/C31H37ClN2O7S/c1-31(2,18-35)17-34-23-13-11-19(32)15-22(23)28(21-7-5-8-24(39-3)29(21)40-4)41-25(30(34)38)9-6-10-26-33-16-20(42-26)12-14-27(36)37/h5,7-8,11,13,15-16,25,28,35H,6,9-10,12,14,17-18H2,1-4H3,(H,36,37). The van der Waals surface area contributed by atoms with Crippen LogP contribution in [0.15, 0.2) is 42.6 Å². The summed E-state index contributed by atoms with van der Waals surface area (Å²) >= 11 is 7.99. The van der Waals surface area contributed by atoms with Crippen LogP contribution in [0.2, 0.25) is 5.02 Å². The number of para-hydroxylation sites is 1. The number of ether oxygens (including phenoxy) is 3. The summed E-state index contributed by atoms with van der Waals surface area (Å²) in [4.78, 5) is 32.2. The van der Waals surface area contributed by atoms with Crippen molar-refractivity contribution in [2.75, 3.05) is 32.3 Å². The van der Waals surface area contributed by atoms with Crippen molar-refractivity contribution in [3.63, 3.8) is 0 Å². The second kappa shape index (κ2) is 13.9. The van der Waals surface area contributed by atoms with Gasteiger partial charge in [0.2, 0.25) is 0 Å². The first kappa shape index (κ1) is 31.7. The van der Waals surface area contributed by atoms with Crippen LogP contribution in [0.1, 0.15) is 60.2 Å². The van der Waals surface area contributed by atoms with Crippen LogP contribution >= 0.6 is 22.9 Å². The molecule has 1 aromatic heterocycles. The van der Waals surface area contributed by atoms with Crippen LogP contribution in [0.5, 0.6) is 11.5 Å². The van der Waals surface area contributed by atoms with E-state index in [9.17, 15) is 14.7 Å². The Morgan fingerprint density at radius 3 is 2.64 bits per heavy atom. The zero-order valence-corrected chi connectivity index (χ0v) is 25.8. The number of aryl methyl sites for hydroxylation is 2. The Morgan fingerprint density at radius 2 is 1.95 bits per heavy atom. The van der Waals surface area contributed by atoms with E-state index in [1.165, 1.54) is 11.3 Å². The van der Waals surface area contributed by atoms with Crippen LogP contribution in [-0.4, -0.2) is 60.5 Å². The minimum atomic E-state index is -0.840. The third-order valence-electron chi connectivity index (χ3n) is 7.18. The lowest BCUT2D eigenvalue weighted by molar-refractivity contribution is -0.137. The number of nitrogens with zero attached hydrogens (tertiary/aromatic N) is 2. The third kappa shape index (κ3) is 7.42. The lowest BCUT2D eigenvalue weighted by Crippen LogP contribution is -2.45. The van der Waals surface area contributed by atoms with E-state index in [4.69, 9.17) is 30.9 Å². The summed E-state index contributed by atoms with van der Waals surface area (Å²) in [6.45, 7) is 3.98. The molecule has 2 heterocycles. The van der Waals surface area contributed by atoms with Crippen molar-refractivity contribution in [2.45, 2.75) is 58.2 Å². The van der Waals surface area contributed by atoms with Crippen molar-refractivity contribution in [2.24, 2.45) is 5.41 Å². The maximum Gasteiger partial charge on any atom is 0.303 e. The number of aliphatic carboxylic acids is 1. The second-order valence-corrected chi connectivity index (χ2v) is 12.7. The van der Waals surface area contributed by atoms with Gasteiger partial charge in [0.25, 0.3) is 5.91 Å². The smallest absolute Gasteiger partial charge is 0.303 e. The molecule has 0 saturated heterocycles. The van der Waals surface area contributed by atoms with E-state index >= 15 is 0 Å². The van der Waals surface area contributed by atoms with Gasteiger partial charge >= 0.3 is 5.97 Å². The van der Waals surface area contributed by atoms with Crippen LogP contribution in [0, 0.1) is 5.41 Å². The molecule has 226 valence electrons. The molecule has 0 bridgehead atoms. The summed E-state index contributed by atoms with van der Waals surface area (Å²) in [5.74, 6) is -0.00358. The molecule has 1 amide bonds. The van der Waals surface area contributed by atoms with Crippen molar-refractivity contribution >= 4 is 40.5 Å². The number of hydrogen-bond acceptors (Lipinski definition) is 8. The second-order valence-electron chi connectivity index (χ2n) is 11.0. The summed E-state index contributed by atoms with van der Waals surface area (Å²) < 4.78 is 18.0. The minimum absolute atomic E-state index is 0.0613. The molecule has 0 fully saturated rings. The van der Waals surface area contributed by atoms with Gasteiger partial charge in [-0.1, -0.05) is 37.6 Å². The van der Waals surface area contributed by atoms with Gasteiger partial charge in [-0.05, 0) is 49.9 Å². The van der Waals surface area contributed by atoms with Crippen LogP contribution < -0.4 is 14.4 Å². The molecule has 0 saturated carbocycles. The minimum Gasteiger partial charge on any atom is -0.493 e. The fraction of sp³-hybridized carbons (Fsp3) is 0.452. The van der Waals surface area contributed by atoms with Crippen molar-refractivity contribution in [3.8, 4) is 11.5 Å². The molecule has 2 aromatic carbocycles. The zero-order valence-electron chi connectivity index (χ0n) is 24.3. The fourth-order valence-corrected chi connectivity index (χ4v) is 6.15. The summed E-state index contributed by atoms with van der Waals surface area (Å²) in [6.07, 6.45) is 2.39. The number of amides is 1. The summed E-state index contributed by atoms with van der Waals surface area (Å²) in [6, 6.07) is 10.9. The highest BCUT2D eigenvalue weighted by Crippen LogP contribution is 2.45. The number of carbonyl (C=O) groups excluding carboxylic acids is 1. The number of hydrogen-bond donors (Lipinski definition) is 2. The summed E-state index contributed by atoms with van der Waals surface area (Å²) in [5, 5.41) is 20.4. The highest BCUT2D eigenvalue weighted by atomic mass is 35.5. The zero-order chi connectivity index (χ0) is 30.4. The number of methoxy groups -OCH3 is 2. The highest BCUT2D eigenvalue weighted by Gasteiger charge is 2.39. The van der Waals surface area contributed by atoms with E-state index in [-0.39, 0.29) is 25.5 Å². The van der Waals surface area contributed by atoms with Gasteiger partial charge in [0.1, 0.15) is 12.2 Å². The predicted molar refractivity (Wildman–Crippen MR) is 162 cm³/mol. The Hall–Kier alpha value is -3.18. The Morgan fingerprint density at radius 1 is 1.17 bits per heavy atom. The fourth-order valence-electron chi connectivity index (χ4n) is 5.01. The molecule has 4 rings (SSSR count). The number of anilines is 1. The number of aromatic nitrogens is 1. The van der Waals surface area contributed by atoms with E-state index in [1.54, 1.807) is 37.4 Å². The van der Waals surface area contributed by atoms with Gasteiger partial charge < -0.3 is 29.3 Å². The van der Waals surface area contributed by atoms with Gasteiger partial charge in [-0.15, -0.1) is 11.3 Å². The number of benzene rings is 2. The Balaban J connectivity index is 1.70. The average molecular weight is 617 g/mol. The van der Waals surface area contributed by atoms with Gasteiger partial charge in [-0.25, -0.2) is 4.98 Å². The van der Waals surface area contributed by atoms with E-state index < -0.39 is 23.6 Å². The number of aliphatic hydroxyl groups is 1. The summed E-state index contributed by atoms with van der Waals surface area (Å²) in [7, 11) is 3.13. The van der Waals surface area contributed by atoms with Crippen LogP contribution in [0.25, 0.3) is 0 Å². The van der Waals surface area contributed by atoms with Crippen molar-refractivity contribution in [1.82, 2.24) is 4.98 Å². The number of halogens is 1. The van der Waals surface area contributed by atoms with Crippen molar-refractivity contribution < 1.29 is 34.0 Å². The van der Waals surface area contributed by atoms with Crippen molar-refractivity contribution in [1.29, 1.82) is 0 Å². The molecule has 3 aromatic rings. The SMILES string of the molecule is COc1cccc(C2OC(CCCc3ncc(CCC(=O)O)s3)C(=O)N(CC(C)(C)CO)c3ccc(Cl)cc32)c1OC. The quantitative estimate of drug-likeness (QED) is 0.251. The molecule has 11 heteroatoms. The summed E-state index contributed by atoms with van der Waals surface area (Å²) in [5.41, 5.74) is 1.50. The van der Waals surface area contributed by atoms with E-state index in [0.29, 0.717) is 59.0 Å². The van der Waals surface area contributed by atoms with E-state index in [2.05, 4.69) is 4.98 Å². The molecule has 9 nitrogen and oxygen atoms in total. The molecule has 2 atom stereocenters. The first-order valence-electron chi connectivity index (χ1n) is 13.8. The van der Waals surface area contributed by atoms with Gasteiger partial charge in [0, 0.05) is 51.5 Å². The molecule has 1 aliphatic rings. The normalized spacial score (nSPS) is 17.1. The van der Waals surface area contributed by atoms with Crippen LogP contribution in [-0.2, 0) is 27.2 Å². The van der Waals surface area contributed by atoms with E-state index in [1.807, 2.05) is 38.1 Å². The number of rotatable bonds is 13. The number of aliphatic hydroxyl groups excluding tert-OH is 1. The Kier molecular flexibility index (Phi) is 10.5. The van der Waals surface area contributed by atoms with Gasteiger partial charge in [0.05, 0.1) is 25.6 Å². The molecule has 2 N–H and O–H groups in total. The number of carboxylic acid groups (broad SMARTS) is 1. The maximum absolute atomic E-state index is 14.2. The first-order chi connectivity index (χ1) is 20.1. The van der Waals surface area contributed by atoms with Gasteiger partial charge in [0.15, 0.2) is 11.5 Å². The molecule has 1 aliphatic heterocycles. The highest BCUT2D eigenvalue weighted by molar-refractivity contribution is 7.11. The molecule has 42 heavy (non-hydrogen) atoms. The van der Waals surface area contributed by atoms with Crippen molar-refractivity contribution in [3.05, 3.63) is 68.6 Å². The molecule has 0 spiro atoms.